The maximum atomic E-state index is 13.3. The highest BCUT2D eigenvalue weighted by Crippen LogP contribution is 2.32. The summed E-state index contributed by atoms with van der Waals surface area (Å²) < 4.78 is 0. The van der Waals surface area contributed by atoms with E-state index >= 15 is 0 Å². The van der Waals surface area contributed by atoms with Crippen LogP contribution in [0.4, 0.5) is 5.69 Å². The lowest BCUT2D eigenvalue weighted by Crippen LogP contribution is -2.47. The zero-order valence-electron chi connectivity index (χ0n) is 17.8. The first kappa shape index (κ1) is 20.2. The quantitative estimate of drug-likeness (QED) is 0.690. The Balaban J connectivity index is 1.60. The Bertz CT molecular complexity index is 959. The molecule has 2 aromatic rings. The van der Waals surface area contributed by atoms with Gasteiger partial charge in [0.2, 0.25) is 0 Å². The van der Waals surface area contributed by atoms with Crippen molar-refractivity contribution in [3.8, 4) is 0 Å². The van der Waals surface area contributed by atoms with Gasteiger partial charge >= 0.3 is 0 Å². The van der Waals surface area contributed by atoms with Gasteiger partial charge in [0.25, 0.3) is 11.8 Å². The van der Waals surface area contributed by atoms with Crippen LogP contribution in [0.1, 0.15) is 30.9 Å². The van der Waals surface area contributed by atoms with Gasteiger partial charge in [-0.3, -0.25) is 14.5 Å². The molecule has 2 aliphatic rings. The first-order valence-electron chi connectivity index (χ1n) is 10.8. The summed E-state index contributed by atoms with van der Waals surface area (Å²) in [4.78, 5) is 32.4. The highest BCUT2D eigenvalue weighted by atomic mass is 16.2. The lowest BCUT2D eigenvalue weighted by Gasteiger charge is -2.37. The summed E-state index contributed by atoms with van der Waals surface area (Å²) in [7, 11) is 0. The number of carbonyl (C=O) groups is 2. The minimum atomic E-state index is -0.157. The lowest BCUT2D eigenvalue weighted by molar-refractivity contribution is -0.137. The monoisotopic (exact) mass is 403 g/mol. The van der Waals surface area contributed by atoms with Gasteiger partial charge in [-0.1, -0.05) is 55.8 Å². The van der Waals surface area contributed by atoms with Gasteiger partial charge in [-0.25, -0.2) is 0 Å². The Morgan fingerprint density at radius 1 is 0.833 bits per heavy atom. The summed E-state index contributed by atoms with van der Waals surface area (Å²) in [6.07, 6.45) is 1.77. The molecule has 0 aliphatic carbocycles. The second-order valence-corrected chi connectivity index (χ2v) is 8.02. The van der Waals surface area contributed by atoms with Crippen molar-refractivity contribution in [2.45, 2.75) is 26.7 Å². The number of imide groups is 1. The van der Waals surface area contributed by atoms with E-state index in [1.165, 1.54) is 16.2 Å². The maximum absolute atomic E-state index is 13.3. The molecule has 0 bridgehead atoms. The minimum Gasteiger partial charge on any atom is -0.368 e. The van der Waals surface area contributed by atoms with Crippen molar-refractivity contribution in [2.75, 3.05) is 37.6 Å². The molecule has 5 nitrogen and oxygen atoms in total. The summed E-state index contributed by atoms with van der Waals surface area (Å²) in [6.45, 7) is 7.75. The van der Waals surface area contributed by atoms with Crippen molar-refractivity contribution in [1.29, 1.82) is 0 Å². The molecule has 156 valence electrons. The first-order valence-corrected chi connectivity index (χ1v) is 10.8. The normalized spacial score (nSPS) is 17.3. The molecule has 0 unspecified atom stereocenters. The molecule has 2 heterocycles. The number of rotatable bonds is 6. The summed E-state index contributed by atoms with van der Waals surface area (Å²) in [6, 6.07) is 18.1. The molecule has 0 spiro atoms. The van der Waals surface area contributed by atoms with E-state index in [2.05, 4.69) is 47.9 Å². The van der Waals surface area contributed by atoms with Crippen LogP contribution in [0.3, 0.4) is 0 Å². The standard InChI is InChI=1S/C25H29N3O2/c1-3-4-13-28-24(29)22(20-10-6-5-7-11-20)23(25(28)30)27-16-14-26(15-17-27)21-12-8-9-19(2)18-21/h5-12,18H,3-4,13-17H2,1-2H3. The van der Waals surface area contributed by atoms with E-state index in [0.29, 0.717) is 17.8 Å². The first-order chi connectivity index (χ1) is 14.6. The van der Waals surface area contributed by atoms with Gasteiger partial charge in [0.15, 0.2) is 0 Å². The molecule has 0 N–H and O–H groups in total. The SMILES string of the molecule is CCCCN1C(=O)C(c2ccccc2)=C(N2CCN(c3cccc(C)c3)CC2)C1=O. The number of amides is 2. The van der Waals surface area contributed by atoms with Crippen LogP contribution in [0, 0.1) is 6.92 Å². The van der Waals surface area contributed by atoms with Crippen LogP contribution in [-0.4, -0.2) is 54.3 Å². The molecule has 4 rings (SSSR count). The number of hydrogen-bond donors (Lipinski definition) is 0. The van der Waals surface area contributed by atoms with Crippen LogP contribution in [-0.2, 0) is 9.59 Å². The third kappa shape index (κ3) is 3.84. The highest BCUT2D eigenvalue weighted by Gasteiger charge is 2.41. The number of aryl methyl sites for hydroxylation is 1. The minimum absolute atomic E-state index is 0.142. The van der Waals surface area contributed by atoms with E-state index in [9.17, 15) is 9.59 Å². The molecule has 1 fully saturated rings. The van der Waals surface area contributed by atoms with E-state index in [0.717, 1.165) is 44.6 Å². The Kier molecular flexibility index (Phi) is 5.88. The van der Waals surface area contributed by atoms with Crippen LogP contribution in [0.15, 0.2) is 60.3 Å². The van der Waals surface area contributed by atoms with Gasteiger partial charge < -0.3 is 9.80 Å². The van der Waals surface area contributed by atoms with Gasteiger partial charge in [0.05, 0.1) is 5.57 Å². The molecular formula is C25H29N3O2. The summed E-state index contributed by atoms with van der Waals surface area (Å²) >= 11 is 0. The lowest BCUT2D eigenvalue weighted by atomic mass is 10.0. The molecule has 0 radical (unpaired) electrons. The zero-order valence-corrected chi connectivity index (χ0v) is 17.8. The fourth-order valence-corrected chi connectivity index (χ4v) is 4.25. The van der Waals surface area contributed by atoms with Gasteiger partial charge in [0, 0.05) is 38.4 Å². The third-order valence-corrected chi connectivity index (χ3v) is 5.90. The van der Waals surface area contributed by atoms with Crippen molar-refractivity contribution < 1.29 is 9.59 Å². The molecule has 30 heavy (non-hydrogen) atoms. The topological polar surface area (TPSA) is 43.9 Å². The number of hydrogen-bond acceptors (Lipinski definition) is 4. The summed E-state index contributed by atoms with van der Waals surface area (Å²) in [5.41, 5.74) is 4.41. The molecule has 5 heteroatoms. The summed E-state index contributed by atoms with van der Waals surface area (Å²) in [5.74, 6) is -0.299. The number of piperazine rings is 1. The Morgan fingerprint density at radius 3 is 2.20 bits per heavy atom. The Labute approximate surface area is 178 Å². The van der Waals surface area contributed by atoms with Crippen LogP contribution in [0.2, 0.25) is 0 Å². The van der Waals surface area contributed by atoms with E-state index in [1.807, 2.05) is 30.3 Å². The maximum Gasteiger partial charge on any atom is 0.277 e. The molecule has 1 saturated heterocycles. The van der Waals surface area contributed by atoms with Crippen LogP contribution >= 0.6 is 0 Å². The van der Waals surface area contributed by atoms with Crippen molar-refractivity contribution in [3.05, 3.63) is 71.4 Å². The number of anilines is 1. The fourth-order valence-electron chi connectivity index (χ4n) is 4.25. The van der Waals surface area contributed by atoms with Gasteiger partial charge in [0.1, 0.15) is 5.70 Å². The fraction of sp³-hybridized carbons (Fsp3) is 0.360. The molecule has 0 saturated carbocycles. The highest BCUT2D eigenvalue weighted by molar-refractivity contribution is 6.35. The van der Waals surface area contributed by atoms with Crippen LogP contribution in [0.25, 0.3) is 5.57 Å². The smallest absolute Gasteiger partial charge is 0.277 e. The zero-order chi connectivity index (χ0) is 21.1. The van der Waals surface area contributed by atoms with Crippen molar-refractivity contribution >= 4 is 23.1 Å². The number of carbonyl (C=O) groups excluding carboxylic acids is 2. The predicted octanol–water partition coefficient (Wildman–Crippen LogP) is 3.70. The molecule has 0 atom stereocenters. The van der Waals surface area contributed by atoms with E-state index in [1.54, 1.807) is 0 Å². The molecule has 0 aromatic heterocycles. The molecule has 2 aliphatic heterocycles. The van der Waals surface area contributed by atoms with Crippen molar-refractivity contribution in [2.24, 2.45) is 0 Å². The van der Waals surface area contributed by atoms with Crippen LogP contribution < -0.4 is 4.90 Å². The van der Waals surface area contributed by atoms with Crippen molar-refractivity contribution in [3.63, 3.8) is 0 Å². The van der Waals surface area contributed by atoms with Gasteiger partial charge in [-0.05, 0) is 36.6 Å². The second kappa shape index (κ2) is 8.74. The van der Waals surface area contributed by atoms with Gasteiger partial charge in [-0.2, -0.15) is 0 Å². The van der Waals surface area contributed by atoms with E-state index in [-0.39, 0.29) is 11.8 Å². The largest absolute Gasteiger partial charge is 0.368 e. The second-order valence-electron chi connectivity index (χ2n) is 8.02. The van der Waals surface area contributed by atoms with Crippen molar-refractivity contribution in [1.82, 2.24) is 9.80 Å². The Morgan fingerprint density at radius 2 is 1.53 bits per heavy atom. The van der Waals surface area contributed by atoms with Crippen LogP contribution in [0.5, 0.6) is 0 Å². The number of nitrogens with zero attached hydrogens (tertiary/aromatic N) is 3. The average Bonchev–Trinajstić information content (AvgIpc) is 3.02. The van der Waals surface area contributed by atoms with Gasteiger partial charge in [-0.15, -0.1) is 0 Å². The third-order valence-electron chi connectivity index (χ3n) is 5.90. The van der Waals surface area contributed by atoms with E-state index < -0.39 is 0 Å². The summed E-state index contributed by atoms with van der Waals surface area (Å²) in [5, 5.41) is 0. The van der Waals surface area contributed by atoms with E-state index in [4.69, 9.17) is 0 Å². The Hall–Kier alpha value is -3.08. The molecule has 2 amide bonds. The molecule has 2 aromatic carbocycles. The molecular weight excluding hydrogens is 374 g/mol. The number of benzene rings is 2. The predicted molar refractivity (Wildman–Crippen MR) is 120 cm³/mol. The average molecular weight is 404 g/mol. The number of unbranched alkanes of at least 4 members (excludes halogenated alkanes) is 1.